The summed E-state index contributed by atoms with van der Waals surface area (Å²) in [6.45, 7) is 0.762. The Bertz CT molecular complexity index is 1510. The first kappa shape index (κ1) is 21.2. The Hall–Kier alpha value is -3.68. The molecule has 7 nitrogen and oxygen atoms in total. The fraction of sp³-hybridized carbons (Fsp3) is 0.160. The summed E-state index contributed by atoms with van der Waals surface area (Å²) in [5.41, 5.74) is 4.74. The van der Waals surface area contributed by atoms with Crippen LogP contribution in [0.4, 0.5) is 0 Å². The molecule has 0 aliphatic rings. The Kier molecular flexibility index (Phi) is 5.58. The number of fused-ring (bicyclic) bond motifs is 3. The second-order valence-corrected chi connectivity index (χ2v) is 8.09. The smallest absolute Gasteiger partial charge is 0.261 e. The Labute approximate surface area is 194 Å². The van der Waals surface area contributed by atoms with Crippen molar-refractivity contribution in [3.8, 4) is 16.9 Å². The topological polar surface area (TPSA) is 70.7 Å². The predicted molar refractivity (Wildman–Crippen MR) is 128 cm³/mol. The summed E-state index contributed by atoms with van der Waals surface area (Å²) in [6, 6.07) is 17.1. The van der Waals surface area contributed by atoms with E-state index in [0.29, 0.717) is 34.7 Å². The second-order valence-electron chi connectivity index (χ2n) is 7.65. The Morgan fingerprint density at radius 2 is 1.76 bits per heavy atom. The summed E-state index contributed by atoms with van der Waals surface area (Å²) >= 11 is 6.07. The van der Waals surface area contributed by atoms with Gasteiger partial charge < -0.3 is 14.0 Å². The molecule has 5 rings (SSSR count). The van der Waals surface area contributed by atoms with E-state index in [4.69, 9.17) is 26.2 Å². The SMILES string of the molecule is COCc1nn2c(ncc3c(=O)n(Cc4ccc(OC)cc4)ccc32)c1-c1ccc(Cl)cc1. The molecule has 166 valence electrons. The van der Waals surface area contributed by atoms with Crippen LogP contribution in [0.3, 0.4) is 0 Å². The van der Waals surface area contributed by atoms with Crippen LogP contribution in [-0.2, 0) is 17.9 Å². The molecule has 0 N–H and O–H groups in total. The number of halogens is 1. The Morgan fingerprint density at radius 3 is 2.45 bits per heavy atom. The van der Waals surface area contributed by atoms with Gasteiger partial charge in [-0.2, -0.15) is 5.10 Å². The third-order valence-corrected chi connectivity index (χ3v) is 5.84. The monoisotopic (exact) mass is 460 g/mol. The van der Waals surface area contributed by atoms with E-state index in [2.05, 4.69) is 4.98 Å². The minimum Gasteiger partial charge on any atom is -0.497 e. The first-order valence-electron chi connectivity index (χ1n) is 10.4. The van der Waals surface area contributed by atoms with Crippen molar-refractivity contribution in [3.05, 3.63) is 93.6 Å². The highest BCUT2D eigenvalue weighted by atomic mass is 35.5. The summed E-state index contributed by atoms with van der Waals surface area (Å²) in [5, 5.41) is 5.88. The van der Waals surface area contributed by atoms with Crippen molar-refractivity contribution in [2.24, 2.45) is 0 Å². The molecule has 0 aliphatic carbocycles. The third-order valence-electron chi connectivity index (χ3n) is 5.58. The van der Waals surface area contributed by atoms with Gasteiger partial charge in [-0.25, -0.2) is 9.50 Å². The fourth-order valence-corrected chi connectivity index (χ4v) is 4.08. The molecule has 0 aliphatic heterocycles. The summed E-state index contributed by atoms with van der Waals surface area (Å²) in [7, 11) is 3.25. The summed E-state index contributed by atoms with van der Waals surface area (Å²) in [6.07, 6.45) is 3.41. The molecule has 5 aromatic rings. The van der Waals surface area contributed by atoms with Gasteiger partial charge in [-0.3, -0.25) is 4.79 Å². The first-order chi connectivity index (χ1) is 16.1. The minimum atomic E-state index is -0.130. The molecule has 0 unspecified atom stereocenters. The van der Waals surface area contributed by atoms with Gasteiger partial charge in [0.25, 0.3) is 5.56 Å². The average molecular weight is 461 g/mol. The molecule has 33 heavy (non-hydrogen) atoms. The predicted octanol–water partition coefficient (Wildman–Crippen LogP) is 4.57. The molecule has 0 fully saturated rings. The number of ether oxygens (including phenoxy) is 2. The van der Waals surface area contributed by atoms with Crippen LogP contribution >= 0.6 is 11.6 Å². The van der Waals surface area contributed by atoms with Crippen LogP contribution < -0.4 is 10.3 Å². The maximum absolute atomic E-state index is 13.2. The van der Waals surface area contributed by atoms with Gasteiger partial charge in [0.1, 0.15) is 5.75 Å². The number of rotatable bonds is 6. The van der Waals surface area contributed by atoms with Crippen molar-refractivity contribution in [2.75, 3.05) is 14.2 Å². The molecular formula is C25H21ClN4O3. The van der Waals surface area contributed by atoms with Gasteiger partial charge in [0, 0.05) is 24.5 Å². The van der Waals surface area contributed by atoms with Crippen LogP contribution in [0, 0.1) is 0 Å². The van der Waals surface area contributed by atoms with Gasteiger partial charge in [-0.1, -0.05) is 35.9 Å². The zero-order chi connectivity index (χ0) is 22.9. The molecule has 0 saturated carbocycles. The lowest BCUT2D eigenvalue weighted by molar-refractivity contribution is 0.181. The van der Waals surface area contributed by atoms with E-state index < -0.39 is 0 Å². The van der Waals surface area contributed by atoms with E-state index in [1.54, 1.807) is 35.7 Å². The molecule has 2 aromatic carbocycles. The molecule has 0 radical (unpaired) electrons. The van der Waals surface area contributed by atoms with Crippen molar-refractivity contribution >= 4 is 28.2 Å². The lowest BCUT2D eigenvalue weighted by Crippen LogP contribution is -2.21. The van der Waals surface area contributed by atoms with Gasteiger partial charge >= 0.3 is 0 Å². The van der Waals surface area contributed by atoms with E-state index >= 15 is 0 Å². The Morgan fingerprint density at radius 1 is 1.00 bits per heavy atom. The fourth-order valence-electron chi connectivity index (χ4n) is 3.96. The summed E-state index contributed by atoms with van der Waals surface area (Å²) in [5.74, 6) is 0.776. The van der Waals surface area contributed by atoms with E-state index in [0.717, 1.165) is 28.1 Å². The Balaban J connectivity index is 1.63. The highest BCUT2D eigenvalue weighted by molar-refractivity contribution is 6.30. The van der Waals surface area contributed by atoms with Crippen LogP contribution in [0.25, 0.3) is 27.7 Å². The molecule has 3 heterocycles. The average Bonchev–Trinajstić information content (AvgIpc) is 3.20. The van der Waals surface area contributed by atoms with Gasteiger partial charge in [0.2, 0.25) is 0 Å². The standard InChI is InChI=1S/C25H21ClN4O3/c1-32-15-21-23(17-5-7-18(26)8-6-17)24-27-13-20-22(30(24)28-21)11-12-29(25(20)31)14-16-3-9-19(33-2)10-4-16/h3-13H,14-15H2,1-2H3. The highest BCUT2D eigenvalue weighted by Crippen LogP contribution is 2.30. The maximum Gasteiger partial charge on any atom is 0.261 e. The van der Waals surface area contributed by atoms with Crippen molar-refractivity contribution < 1.29 is 9.47 Å². The van der Waals surface area contributed by atoms with Gasteiger partial charge in [0.05, 0.1) is 42.4 Å². The molecular weight excluding hydrogens is 440 g/mol. The normalized spacial score (nSPS) is 11.4. The van der Waals surface area contributed by atoms with E-state index in [1.165, 1.54) is 0 Å². The number of nitrogens with zero attached hydrogens (tertiary/aromatic N) is 4. The van der Waals surface area contributed by atoms with Gasteiger partial charge in [0.15, 0.2) is 5.65 Å². The number of methoxy groups -OCH3 is 2. The largest absolute Gasteiger partial charge is 0.497 e. The maximum atomic E-state index is 13.2. The zero-order valence-corrected chi connectivity index (χ0v) is 18.9. The number of pyridine rings is 1. The van der Waals surface area contributed by atoms with E-state index in [-0.39, 0.29) is 5.56 Å². The molecule has 0 saturated heterocycles. The van der Waals surface area contributed by atoms with Crippen molar-refractivity contribution in [1.29, 1.82) is 0 Å². The lowest BCUT2D eigenvalue weighted by Gasteiger charge is -2.09. The van der Waals surface area contributed by atoms with Crippen molar-refractivity contribution in [3.63, 3.8) is 0 Å². The van der Waals surface area contributed by atoms with Crippen LogP contribution in [0.15, 0.2) is 71.8 Å². The van der Waals surface area contributed by atoms with Gasteiger partial charge in [-0.05, 0) is 41.5 Å². The first-order valence-corrected chi connectivity index (χ1v) is 10.7. The van der Waals surface area contributed by atoms with Crippen LogP contribution in [-0.4, -0.2) is 33.4 Å². The number of benzene rings is 2. The second kappa shape index (κ2) is 8.69. The number of aromatic nitrogens is 4. The summed E-state index contributed by atoms with van der Waals surface area (Å²) < 4.78 is 14.0. The van der Waals surface area contributed by atoms with Crippen LogP contribution in [0.5, 0.6) is 5.75 Å². The number of hydrogen-bond acceptors (Lipinski definition) is 5. The lowest BCUT2D eigenvalue weighted by atomic mass is 10.1. The third kappa shape index (κ3) is 3.86. The quantitative estimate of drug-likeness (QED) is 0.371. The molecule has 0 amide bonds. The van der Waals surface area contributed by atoms with E-state index in [1.807, 2.05) is 54.6 Å². The number of hydrogen-bond donors (Lipinski definition) is 0. The van der Waals surface area contributed by atoms with E-state index in [9.17, 15) is 4.79 Å². The highest BCUT2D eigenvalue weighted by Gasteiger charge is 2.18. The van der Waals surface area contributed by atoms with Crippen molar-refractivity contribution in [2.45, 2.75) is 13.2 Å². The zero-order valence-electron chi connectivity index (χ0n) is 18.2. The molecule has 0 spiro atoms. The minimum absolute atomic E-state index is 0.130. The van der Waals surface area contributed by atoms with Gasteiger partial charge in [-0.15, -0.1) is 0 Å². The molecule has 0 atom stereocenters. The molecule has 3 aromatic heterocycles. The summed E-state index contributed by atoms with van der Waals surface area (Å²) in [4.78, 5) is 17.9. The van der Waals surface area contributed by atoms with Crippen molar-refractivity contribution in [1.82, 2.24) is 19.2 Å². The van der Waals surface area contributed by atoms with Crippen LogP contribution in [0.2, 0.25) is 5.02 Å². The van der Waals surface area contributed by atoms with Crippen LogP contribution in [0.1, 0.15) is 11.3 Å². The molecule has 0 bridgehead atoms. The molecule has 8 heteroatoms.